The molecule has 0 saturated heterocycles. The van der Waals surface area contributed by atoms with Crippen LogP contribution in [-0.4, -0.2) is 39.5 Å². The third-order valence-corrected chi connectivity index (χ3v) is 3.55. The van der Waals surface area contributed by atoms with E-state index in [0.717, 1.165) is 13.2 Å². The molecule has 92 valence electrons. The Morgan fingerprint density at radius 1 is 1.12 bits per heavy atom. The molecule has 0 spiro atoms. The second-order valence-corrected chi connectivity index (χ2v) is 10.2. The van der Waals surface area contributed by atoms with Gasteiger partial charge in [-0.15, -0.1) is 0 Å². The van der Waals surface area contributed by atoms with E-state index in [-0.39, 0.29) is 6.61 Å². The van der Waals surface area contributed by atoms with Crippen LogP contribution in [-0.2, 0) is 23.9 Å². The fourth-order valence-electron chi connectivity index (χ4n) is 0.806. The molecule has 6 heteroatoms. The van der Waals surface area contributed by atoms with Gasteiger partial charge in [-0.1, -0.05) is 19.6 Å². The van der Waals surface area contributed by atoms with Crippen molar-refractivity contribution in [2.75, 3.05) is 13.7 Å². The molecule has 0 aliphatic rings. The number of ketones is 1. The summed E-state index contributed by atoms with van der Waals surface area (Å²) in [5, 5.41) is 0. The number of carbonyl (C=O) groups is 3. The zero-order chi connectivity index (χ0) is 12.8. The van der Waals surface area contributed by atoms with Gasteiger partial charge in [0.15, 0.2) is 0 Å². The second-order valence-electron chi connectivity index (χ2n) is 4.62. The second kappa shape index (κ2) is 6.42. The van der Waals surface area contributed by atoms with E-state index >= 15 is 0 Å². The van der Waals surface area contributed by atoms with Crippen LogP contribution in [0.3, 0.4) is 0 Å². The van der Waals surface area contributed by atoms with Gasteiger partial charge in [0.2, 0.25) is 0 Å². The van der Waals surface area contributed by atoms with Crippen molar-refractivity contribution >= 4 is 25.8 Å². The van der Waals surface area contributed by atoms with Gasteiger partial charge in [0.1, 0.15) is 6.42 Å². The fourth-order valence-corrected chi connectivity index (χ4v) is 1.52. The van der Waals surface area contributed by atoms with Crippen molar-refractivity contribution in [2.45, 2.75) is 32.1 Å². The highest BCUT2D eigenvalue weighted by atomic mass is 28.3. The van der Waals surface area contributed by atoms with E-state index in [1.807, 2.05) is 0 Å². The van der Waals surface area contributed by atoms with E-state index in [1.165, 1.54) is 0 Å². The number of carbonyl (C=O) groups excluding carboxylic acids is 3. The largest absolute Gasteiger partial charge is 0.469 e. The van der Waals surface area contributed by atoms with Gasteiger partial charge in [0.05, 0.1) is 13.7 Å². The Hall–Kier alpha value is -1.17. The summed E-state index contributed by atoms with van der Waals surface area (Å²) in [4.78, 5) is 32.9. The first-order valence-electron chi connectivity index (χ1n) is 5.03. The molecule has 0 amide bonds. The Kier molecular flexibility index (Phi) is 5.95. The Bertz CT molecular complexity index is 279. The lowest BCUT2D eigenvalue weighted by Gasteiger charge is -2.14. The lowest BCUT2D eigenvalue weighted by Crippen LogP contribution is -2.26. The molecule has 5 nitrogen and oxygen atoms in total. The summed E-state index contributed by atoms with van der Waals surface area (Å²) in [6.45, 7) is 6.65. The number of ether oxygens (including phenoxy) is 2. The maximum atomic E-state index is 11.1. The van der Waals surface area contributed by atoms with Crippen LogP contribution in [0.25, 0.3) is 0 Å². The van der Waals surface area contributed by atoms with E-state index in [4.69, 9.17) is 4.74 Å². The molecule has 0 saturated carbocycles. The summed E-state index contributed by atoms with van der Waals surface area (Å²) in [5.74, 6) is -2.54. The molecular weight excluding hydrogens is 228 g/mol. The van der Waals surface area contributed by atoms with Crippen LogP contribution in [0.2, 0.25) is 25.7 Å². The molecule has 0 fully saturated rings. The highest BCUT2D eigenvalue weighted by Gasteiger charge is 2.21. The molecule has 0 unspecified atom stereocenters. The molecule has 0 aliphatic carbocycles. The first-order chi connectivity index (χ1) is 7.26. The fraction of sp³-hybridized carbons (Fsp3) is 0.700. The zero-order valence-electron chi connectivity index (χ0n) is 10.2. The van der Waals surface area contributed by atoms with E-state index in [0.29, 0.717) is 0 Å². The van der Waals surface area contributed by atoms with E-state index in [9.17, 15) is 14.4 Å². The molecule has 0 N–H and O–H groups in total. The average molecular weight is 246 g/mol. The van der Waals surface area contributed by atoms with Crippen LogP contribution in [0.1, 0.15) is 6.42 Å². The normalized spacial score (nSPS) is 10.8. The molecule has 0 radical (unpaired) electrons. The maximum absolute atomic E-state index is 11.1. The number of Topliss-reactive ketones (excluding diaryl/α,β-unsaturated/α-hetero) is 1. The van der Waals surface area contributed by atoms with Crippen molar-refractivity contribution in [1.29, 1.82) is 0 Å². The molecule has 0 bridgehead atoms. The third kappa shape index (κ3) is 7.16. The molecular formula is C10H18O5Si. The minimum absolute atomic E-state index is 0.238. The predicted molar refractivity (Wildman–Crippen MR) is 60.8 cm³/mol. The average Bonchev–Trinajstić information content (AvgIpc) is 2.15. The number of hydrogen-bond acceptors (Lipinski definition) is 5. The summed E-state index contributed by atoms with van der Waals surface area (Å²) < 4.78 is 9.03. The Morgan fingerprint density at radius 2 is 1.69 bits per heavy atom. The smallest absolute Gasteiger partial charge is 0.375 e. The van der Waals surface area contributed by atoms with Gasteiger partial charge in [-0.3, -0.25) is 9.59 Å². The van der Waals surface area contributed by atoms with Gasteiger partial charge >= 0.3 is 11.9 Å². The van der Waals surface area contributed by atoms with Crippen molar-refractivity contribution < 1.29 is 23.9 Å². The third-order valence-electron chi connectivity index (χ3n) is 1.85. The minimum atomic E-state index is -1.28. The topological polar surface area (TPSA) is 69.7 Å². The number of esters is 2. The van der Waals surface area contributed by atoms with Crippen molar-refractivity contribution in [1.82, 2.24) is 0 Å². The standard InChI is InChI=1S/C10H18O5Si/c1-14-9(12)7-8(11)10(13)15-5-6-16(2,3)4/h5-7H2,1-4H3. The lowest BCUT2D eigenvalue weighted by molar-refractivity contribution is -0.157. The lowest BCUT2D eigenvalue weighted by atomic mass is 10.3. The monoisotopic (exact) mass is 246 g/mol. The van der Waals surface area contributed by atoms with Crippen LogP contribution in [0.4, 0.5) is 0 Å². The number of rotatable bonds is 6. The minimum Gasteiger partial charge on any atom is -0.469 e. The van der Waals surface area contributed by atoms with Gasteiger partial charge < -0.3 is 9.47 Å². The summed E-state index contributed by atoms with van der Waals surface area (Å²) in [6, 6.07) is 0.796. The zero-order valence-corrected chi connectivity index (χ0v) is 11.2. The molecule has 0 aromatic heterocycles. The Balaban J connectivity index is 3.89. The van der Waals surface area contributed by atoms with Crippen LogP contribution in [0.15, 0.2) is 0 Å². The van der Waals surface area contributed by atoms with Gasteiger partial charge in [0, 0.05) is 8.07 Å². The van der Waals surface area contributed by atoms with Crippen molar-refractivity contribution in [3.63, 3.8) is 0 Å². The predicted octanol–water partition coefficient (Wildman–Crippen LogP) is 1.000. The van der Waals surface area contributed by atoms with Crippen LogP contribution in [0.5, 0.6) is 0 Å². The first kappa shape index (κ1) is 14.8. The highest BCUT2D eigenvalue weighted by Crippen LogP contribution is 2.07. The van der Waals surface area contributed by atoms with Crippen LogP contribution < -0.4 is 0 Å². The van der Waals surface area contributed by atoms with Gasteiger partial charge in [-0.25, -0.2) is 4.79 Å². The van der Waals surface area contributed by atoms with Gasteiger partial charge in [0.25, 0.3) is 5.78 Å². The molecule has 0 heterocycles. The quantitative estimate of drug-likeness (QED) is 0.303. The van der Waals surface area contributed by atoms with Crippen LogP contribution in [0, 0.1) is 0 Å². The number of hydrogen-bond donors (Lipinski definition) is 0. The summed E-state index contributed by atoms with van der Waals surface area (Å²) in [7, 11) is -0.119. The molecule has 0 aliphatic heterocycles. The van der Waals surface area contributed by atoms with Gasteiger partial charge in [-0.05, 0) is 6.04 Å². The maximum Gasteiger partial charge on any atom is 0.375 e. The number of methoxy groups -OCH3 is 1. The Morgan fingerprint density at radius 3 is 2.12 bits per heavy atom. The van der Waals surface area contributed by atoms with Crippen molar-refractivity contribution in [3.05, 3.63) is 0 Å². The van der Waals surface area contributed by atoms with E-state index in [2.05, 4.69) is 24.4 Å². The summed E-state index contributed by atoms with van der Waals surface area (Å²) in [5.41, 5.74) is 0. The Labute approximate surface area is 96.1 Å². The SMILES string of the molecule is COC(=O)CC(=O)C(=O)OCC[Si](C)(C)C. The van der Waals surface area contributed by atoms with Gasteiger partial charge in [-0.2, -0.15) is 0 Å². The van der Waals surface area contributed by atoms with E-state index in [1.54, 1.807) is 0 Å². The van der Waals surface area contributed by atoms with E-state index < -0.39 is 32.2 Å². The van der Waals surface area contributed by atoms with Crippen molar-refractivity contribution in [3.8, 4) is 0 Å². The van der Waals surface area contributed by atoms with Crippen molar-refractivity contribution in [2.24, 2.45) is 0 Å². The summed E-state index contributed by atoms with van der Waals surface area (Å²) >= 11 is 0. The molecule has 0 aromatic carbocycles. The molecule has 0 rings (SSSR count). The summed E-state index contributed by atoms with van der Waals surface area (Å²) in [6.07, 6.45) is -0.553. The highest BCUT2D eigenvalue weighted by molar-refractivity contribution is 6.76. The molecule has 0 aromatic rings. The first-order valence-corrected chi connectivity index (χ1v) is 8.74. The molecule has 0 atom stereocenters. The molecule has 16 heavy (non-hydrogen) atoms. The van der Waals surface area contributed by atoms with Crippen LogP contribution >= 0.6 is 0 Å².